The summed E-state index contributed by atoms with van der Waals surface area (Å²) in [5, 5.41) is 0.169. The summed E-state index contributed by atoms with van der Waals surface area (Å²) in [4.78, 5) is 2.36. The molecule has 0 saturated carbocycles. The van der Waals surface area contributed by atoms with Crippen LogP contribution in [-0.2, 0) is 0 Å². The van der Waals surface area contributed by atoms with Crippen LogP contribution in [0.25, 0.3) is 0 Å². The van der Waals surface area contributed by atoms with Crippen LogP contribution in [0.5, 0.6) is 0 Å². The van der Waals surface area contributed by atoms with Gasteiger partial charge in [-0.1, -0.05) is 31.0 Å². The van der Waals surface area contributed by atoms with Crippen molar-refractivity contribution in [2.75, 3.05) is 19.6 Å². The molecule has 1 aromatic carbocycles. The molecular formula is C14H20ClFN2. The second kappa shape index (κ2) is 6.00. The molecule has 0 bridgehead atoms. The minimum absolute atomic E-state index is 0.105. The Hall–Kier alpha value is -0.640. The summed E-state index contributed by atoms with van der Waals surface area (Å²) in [5.41, 5.74) is 6.79. The first-order valence-electron chi connectivity index (χ1n) is 6.54. The normalized spacial score (nSPS) is 22.3. The highest BCUT2D eigenvalue weighted by Crippen LogP contribution is 2.29. The molecule has 18 heavy (non-hydrogen) atoms. The van der Waals surface area contributed by atoms with E-state index in [4.69, 9.17) is 17.3 Å². The fourth-order valence-corrected chi connectivity index (χ4v) is 2.81. The first-order chi connectivity index (χ1) is 8.65. The molecule has 2 N–H and O–H groups in total. The van der Waals surface area contributed by atoms with Gasteiger partial charge in [0.05, 0.1) is 5.02 Å². The SMILES string of the molecule is CCC1CCN(C(CN)c2ccc(Cl)c(F)c2)C1. The number of likely N-dealkylation sites (tertiary alicyclic amines) is 1. The predicted octanol–water partition coefficient (Wildman–Crippen LogP) is 3.21. The molecule has 0 amide bonds. The van der Waals surface area contributed by atoms with Gasteiger partial charge >= 0.3 is 0 Å². The second-order valence-corrected chi connectivity index (χ2v) is 5.39. The van der Waals surface area contributed by atoms with Crippen molar-refractivity contribution < 1.29 is 4.39 Å². The van der Waals surface area contributed by atoms with E-state index in [2.05, 4.69) is 11.8 Å². The lowest BCUT2D eigenvalue weighted by molar-refractivity contribution is 0.240. The minimum atomic E-state index is -0.362. The molecule has 2 unspecified atom stereocenters. The van der Waals surface area contributed by atoms with Crippen molar-refractivity contribution in [1.82, 2.24) is 4.90 Å². The van der Waals surface area contributed by atoms with Crippen molar-refractivity contribution in [2.45, 2.75) is 25.8 Å². The highest BCUT2D eigenvalue weighted by Gasteiger charge is 2.27. The monoisotopic (exact) mass is 270 g/mol. The Balaban J connectivity index is 2.15. The molecule has 1 saturated heterocycles. The van der Waals surface area contributed by atoms with Gasteiger partial charge in [0.25, 0.3) is 0 Å². The molecule has 1 aliphatic rings. The lowest BCUT2D eigenvalue weighted by Gasteiger charge is -2.27. The zero-order valence-corrected chi connectivity index (χ0v) is 11.5. The van der Waals surface area contributed by atoms with Gasteiger partial charge in [-0.3, -0.25) is 4.90 Å². The molecule has 1 heterocycles. The Kier molecular flexibility index (Phi) is 4.60. The maximum absolute atomic E-state index is 13.5. The number of nitrogens with zero attached hydrogens (tertiary/aromatic N) is 1. The molecule has 4 heteroatoms. The fraction of sp³-hybridized carbons (Fsp3) is 0.571. The van der Waals surface area contributed by atoms with E-state index < -0.39 is 0 Å². The summed E-state index contributed by atoms with van der Waals surface area (Å²) < 4.78 is 13.5. The van der Waals surface area contributed by atoms with Gasteiger partial charge in [-0.05, 0) is 36.6 Å². The molecule has 1 aromatic rings. The van der Waals surface area contributed by atoms with E-state index in [0.717, 1.165) is 24.6 Å². The van der Waals surface area contributed by atoms with Crippen LogP contribution in [0.1, 0.15) is 31.4 Å². The Bertz CT molecular complexity index is 411. The average molecular weight is 271 g/mol. The number of hydrogen-bond acceptors (Lipinski definition) is 2. The van der Waals surface area contributed by atoms with Crippen LogP contribution in [0.4, 0.5) is 4.39 Å². The van der Waals surface area contributed by atoms with Gasteiger partial charge in [-0.25, -0.2) is 4.39 Å². The van der Waals surface area contributed by atoms with E-state index in [1.165, 1.54) is 18.9 Å². The zero-order chi connectivity index (χ0) is 13.1. The maximum Gasteiger partial charge on any atom is 0.142 e. The first kappa shape index (κ1) is 13.8. The van der Waals surface area contributed by atoms with Crippen LogP contribution in [0, 0.1) is 11.7 Å². The van der Waals surface area contributed by atoms with E-state index in [1.807, 2.05) is 6.07 Å². The number of hydrogen-bond donors (Lipinski definition) is 1. The highest BCUT2D eigenvalue weighted by molar-refractivity contribution is 6.30. The third kappa shape index (κ3) is 2.85. The van der Waals surface area contributed by atoms with Crippen molar-refractivity contribution in [3.8, 4) is 0 Å². The van der Waals surface area contributed by atoms with Crippen LogP contribution in [0.15, 0.2) is 18.2 Å². The molecule has 2 atom stereocenters. The molecule has 0 aromatic heterocycles. The van der Waals surface area contributed by atoms with Crippen molar-refractivity contribution in [3.05, 3.63) is 34.6 Å². The Morgan fingerprint density at radius 2 is 2.33 bits per heavy atom. The molecule has 0 radical (unpaired) electrons. The van der Waals surface area contributed by atoms with Crippen LogP contribution >= 0.6 is 11.6 Å². The molecular weight excluding hydrogens is 251 g/mol. The van der Waals surface area contributed by atoms with Crippen molar-refractivity contribution in [3.63, 3.8) is 0 Å². The van der Waals surface area contributed by atoms with Gasteiger partial charge in [0.2, 0.25) is 0 Å². The smallest absolute Gasteiger partial charge is 0.142 e. The summed E-state index contributed by atoms with van der Waals surface area (Å²) in [6, 6.07) is 5.11. The van der Waals surface area contributed by atoms with E-state index >= 15 is 0 Å². The minimum Gasteiger partial charge on any atom is -0.329 e. The summed E-state index contributed by atoms with van der Waals surface area (Å²) >= 11 is 5.71. The number of benzene rings is 1. The van der Waals surface area contributed by atoms with Gasteiger partial charge in [-0.15, -0.1) is 0 Å². The molecule has 1 fully saturated rings. The molecule has 2 rings (SSSR count). The van der Waals surface area contributed by atoms with E-state index in [-0.39, 0.29) is 16.9 Å². The average Bonchev–Trinajstić information content (AvgIpc) is 2.83. The van der Waals surface area contributed by atoms with Crippen LogP contribution in [0.3, 0.4) is 0 Å². The van der Waals surface area contributed by atoms with Gasteiger partial charge in [0, 0.05) is 19.1 Å². The van der Waals surface area contributed by atoms with Gasteiger partial charge in [0.15, 0.2) is 0 Å². The largest absolute Gasteiger partial charge is 0.329 e. The summed E-state index contributed by atoms with van der Waals surface area (Å²) in [6.07, 6.45) is 2.41. The number of nitrogens with two attached hydrogens (primary N) is 1. The fourth-order valence-electron chi connectivity index (χ4n) is 2.69. The van der Waals surface area contributed by atoms with Crippen molar-refractivity contribution >= 4 is 11.6 Å². The number of rotatable bonds is 4. The molecule has 2 nitrogen and oxygen atoms in total. The van der Waals surface area contributed by atoms with Gasteiger partial charge in [0.1, 0.15) is 5.82 Å². The van der Waals surface area contributed by atoms with E-state index in [9.17, 15) is 4.39 Å². The van der Waals surface area contributed by atoms with Gasteiger partial charge < -0.3 is 5.73 Å². The Labute approximate surface area is 113 Å². The van der Waals surface area contributed by atoms with Gasteiger partial charge in [-0.2, -0.15) is 0 Å². The predicted molar refractivity (Wildman–Crippen MR) is 73.2 cm³/mol. The highest BCUT2D eigenvalue weighted by atomic mass is 35.5. The first-order valence-corrected chi connectivity index (χ1v) is 6.92. The Morgan fingerprint density at radius 3 is 2.89 bits per heavy atom. The molecule has 0 spiro atoms. The summed E-state index contributed by atoms with van der Waals surface area (Å²) in [6.45, 7) is 4.83. The quantitative estimate of drug-likeness (QED) is 0.910. The molecule has 0 aliphatic carbocycles. The third-order valence-electron chi connectivity index (χ3n) is 3.89. The second-order valence-electron chi connectivity index (χ2n) is 4.98. The van der Waals surface area contributed by atoms with Crippen molar-refractivity contribution in [2.24, 2.45) is 11.7 Å². The van der Waals surface area contributed by atoms with Crippen molar-refractivity contribution in [1.29, 1.82) is 0 Å². The Morgan fingerprint density at radius 1 is 1.56 bits per heavy atom. The van der Waals surface area contributed by atoms with E-state index in [1.54, 1.807) is 6.07 Å². The molecule has 1 aliphatic heterocycles. The maximum atomic E-state index is 13.5. The third-order valence-corrected chi connectivity index (χ3v) is 4.19. The zero-order valence-electron chi connectivity index (χ0n) is 10.7. The summed E-state index contributed by atoms with van der Waals surface area (Å²) in [7, 11) is 0. The lowest BCUT2D eigenvalue weighted by Crippen LogP contribution is -2.32. The van der Waals surface area contributed by atoms with E-state index in [0.29, 0.717) is 6.54 Å². The topological polar surface area (TPSA) is 29.3 Å². The summed E-state index contributed by atoms with van der Waals surface area (Å²) in [5.74, 6) is 0.384. The van der Waals surface area contributed by atoms with Crippen LogP contribution in [0.2, 0.25) is 5.02 Å². The lowest BCUT2D eigenvalue weighted by atomic mass is 10.0. The standard InChI is InChI=1S/C14H20ClFN2/c1-2-10-5-6-18(9-10)14(8-17)11-3-4-12(15)13(16)7-11/h3-4,7,10,14H,2,5-6,8-9,17H2,1H3. The number of halogens is 2. The van der Waals surface area contributed by atoms with Crippen LogP contribution < -0.4 is 5.73 Å². The molecule has 100 valence electrons. The van der Waals surface area contributed by atoms with Crippen LogP contribution in [-0.4, -0.2) is 24.5 Å².